The summed E-state index contributed by atoms with van der Waals surface area (Å²) in [4.78, 5) is 16.9. The van der Waals surface area contributed by atoms with Gasteiger partial charge in [-0.3, -0.25) is 0 Å². The fraction of sp³-hybridized carbons (Fsp3) is 0.125. The molecular formula is C16H15ClN6OS. The standard InChI is InChI=1S/C16H15ClN6OS/c1-24-12-7-3-2-6-11(12)20-16-22-13(21-15(18)23-16)9-25-14-10(17)5-4-8-19-14/h2-8H,9H2,1H3,(H3,18,20,21,22,23). The van der Waals surface area contributed by atoms with E-state index in [0.717, 1.165) is 5.69 Å². The number of benzene rings is 1. The summed E-state index contributed by atoms with van der Waals surface area (Å²) >= 11 is 7.53. The van der Waals surface area contributed by atoms with Crippen LogP contribution < -0.4 is 15.8 Å². The Hall–Kier alpha value is -2.58. The number of hydrogen-bond acceptors (Lipinski definition) is 8. The molecule has 2 heterocycles. The third kappa shape index (κ3) is 4.49. The second kappa shape index (κ2) is 8.00. The average molecular weight is 375 g/mol. The number of halogens is 1. The van der Waals surface area contributed by atoms with E-state index in [0.29, 0.717) is 33.3 Å². The van der Waals surface area contributed by atoms with Crippen molar-refractivity contribution in [3.63, 3.8) is 0 Å². The van der Waals surface area contributed by atoms with E-state index in [1.54, 1.807) is 25.4 Å². The Morgan fingerprint density at radius 1 is 1.16 bits per heavy atom. The predicted octanol–water partition coefficient (Wildman–Crippen LogP) is 3.55. The Balaban J connectivity index is 1.77. The Morgan fingerprint density at radius 2 is 2.00 bits per heavy atom. The number of pyridine rings is 1. The smallest absolute Gasteiger partial charge is 0.232 e. The van der Waals surface area contributed by atoms with Gasteiger partial charge in [0, 0.05) is 6.20 Å². The normalized spacial score (nSPS) is 10.5. The van der Waals surface area contributed by atoms with Gasteiger partial charge in [0.2, 0.25) is 11.9 Å². The zero-order valence-electron chi connectivity index (χ0n) is 13.3. The van der Waals surface area contributed by atoms with Crippen LogP contribution >= 0.6 is 23.4 Å². The van der Waals surface area contributed by atoms with Crippen LogP contribution in [0.3, 0.4) is 0 Å². The molecule has 0 unspecified atom stereocenters. The molecule has 9 heteroatoms. The van der Waals surface area contributed by atoms with E-state index in [-0.39, 0.29) is 5.95 Å². The first-order chi connectivity index (χ1) is 12.2. The highest BCUT2D eigenvalue weighted by atomic mass is 35.5. The highest BCUT2D eigenvalue weighted by Gasteiger charge is 2.09. The number of nitrogens with one attached hydrogen (secondary N) is 1. The second-order valence-corrected chi connectivity index (χ2v) is 6.21. The molecule has 0 saturated heterocycles. The topological polar surface area (TPSA) is 98.8 Å². The summed E-state index contributed by atoms with van der Waals surface area (Å²) in [7, 11) is 1.60. The largest absolute Gasteiger partial charge is 0.495 e. The second-order valence-electron chi connectivity index (χ2n) is 4.84. The van der Waals surface area contributed by atoms with Crippen LogP contribution in [0.1, 0.15) is 5.82 Å². The molecule has 0 aliphatic heterocycles. The molecule has 7 nitrogen and oxygen atoms in total. The van der Waals surface area contributed by atoms with E-state index >= 15 is 0 Å². The van der Waals surface area contributed by atoms with Crippen molar-refractivity contribution in [2.45, 2.75) is 10.8 Å². The Morgan fingerprint density at radius 3 is 2.80 bits per heavy atom. The van der Waals surface area contributed by atoms with Crippen LogP contribution in [0.15, 0.2) is 47.6 Å². The zero-order valence-corrected chi connectivity index (χ0v) is 14.9. The third-order valence-corrected chi connectivity index (χ3v) is 4.53. The van der Waals surface area contributed by atoms with E-state index in [1.165, 1.54) is 11.8 Å². The molecule has 2 aromatic heterocycles. The van der Waals surface area contributed by atoms with Gasteiger partial charge in [-0.2, -0.15) is 15.0 Å². The highest BCUT2D eigenvalue weighted by molar-refractivity contribution is 7.98. The monoisotopic (exact) mass is 374 g/mol. The molecule has 128 valence electrons. The summed E-state index contributed by atoms with van der Waals surface area (Å²) in [5.41, 5.74) is 6.54. The molecular weight excluding hydrogens is 360 g/mol. The van der Waals surface area contributed by atoms with Crippen LogP contribution in [0.4, 0.5) is 17.6 Å². The lowest BCUT2D eigenvalue weighted by Crippen LogP contribution is -2.07. The van der Waals surface area contributed by atoms with Gasteiger partial charge >= 0.3 is 0 Å². The average Bonchev–Trinajstić information content (AvgIpc) is 2.61. The Kier molecular flexibility index (Phi) is 5.52. The number of ether oxygens (including phenoxy) is 1. The van der Waals surface area contributed by atoms with Crippen molar-refractivity contribution in [2.75, 3.05) is 18.2 Å². The molecule has 0 saturated carbocycles. The van der Waals surface area contributed by atoms with E-state index in [9.17, 15) is 0 Å². The third-order valence-electron chi connectivity index (χ3n) is 3.12. The number of aromatic nitrogens is 4. The van der Waals surface area contributed by atoms with E-state index in [2.05, 4.69) is 25.3 Å². The Labute approximate surface area is 154 Å². The number of anilines is 3. The molecule has 0 aliphatic carbocycles. The number of thioether (sulfide) groups is 1. The molecule has 25 heavy (non-hydrogen) atoms. The Bertz CT molecular complexity index is 879. The maximum Gasteiger partial charge on any atom is 0.232 e. The van der Waals surface area contributed by atoms with E-state index < -0.39 is 0 Å². The number of rotatable bonds is 6. The minimum atomic E-state index is 0.134. The lowest BCUT2D eigenvalue weighted by atomic mass is 10.3. The van der Waals surface area contributed by atoms with Gasteiger partial charge in [0.1, 0.15) is 16.6 Å². The van der Waals surface area contributed by atoms with Crippen LogP contribution in [-0.4, -0.2) is 27.0 Å². The molecule has 0 spiro atoms. The molecule has 0 amide bonds. The van der Waals surface area contributed by atoms with Gasteiger partial charge in [-0.05, 0) is 24.3 Å². The fourth-order valence-electron chi connectivity index (χ4n) is 2.04. The number of nitrogen functional groups attached to an aromatic ring is 1. The van der Waals surface area contributed by atoms with Crippen molar-refractivity contribution in [3.05, 3.63) is 53.4 Å². The van der Waals surface area contributed by atoms with Gasteiger partial charge in [0.25, 0.3) is 0 Å². The van der Waals surface area contributed by atoms with Crippen molar-refractivity contribution in [2.24, 2.45) is 0 Å². The van der Waals surface area contributed by atoms with Gasteiger partial charge in [-0.15, -0.1) is 0 Å². The molecule has 3 rings (SSSR count). The van der Waals surface area contributed by atoms with Gasteiger partial charge < -0.3 is 15.8 Å². The fourth-order valence-corrected chi connectivity index (χ4v) is 3.06. The summed E-state index contributed by atoms with van der Waals surface area (Å²) in [6.45, 7) is 0. The number of para-hydroxylation sites is 2. The number of nitrogens with zero attached hydrogens (tertiary/aromatic N) is 4. The maximum atomic E-state index is 6.11. The van der Waals surface area contributed by atoms with Gasteiger partial charge in [0.05, 0.1) is 23.6 Å². The predicted molar refractivity (Wildman–Crippen MR) is 99.3 cm³/mol. The van der Waals surface area contributed by atoms with Crippen molar-refractivity contribution in [1.29, 1.82) is 0 Å². The first kappa shape index (κ1) is 17.2. The van der Waals surface area contributed by atoms with Crippen molar-refractivity contribution in [3.8, 4) is 5.75 Å². The van der Waals surface area contributed by atoms with Crippen LogP contribution in [0, 0.1) is 0 Å². The number of nitrogens with two attached hydrogens (primary N) is 1. The van der Waals surface area contributed by atoms with E-state index in [4.69, 9.17) is 22.1 Å². The van der Waals surface area contributed by atoms with E-state index in [1.807, 2.05) is 24.3 Å². The van der Waals surface area contributed by atoms with Crippen LogP contribution in [0.25, 0.3) is 0 Å². The zero-order chi connectivity index (χ0) is 17.6. The summed E-state index contributed by atoms with van der Waals surface area (Å²) in [6, 6.07) is 11.0. The minimum absolute atomic E-state index is 0.134. The first-order valence-electron chi connectivity index (χ1n) is 7.29. The number of hydrogen-bond donors (Lipinski definition) is 2. The minimum Gasteiger partial charge on any atom is -0.495 e. The molecule has 1 aromatic carbocycles. The van der Waals surface area contributed by atoms with Crippen LogP contribution in [0.5, 0.6) is 5.75 Å². The van der Waals surface area contributed by atoms with Crippen molar-refractivity contribution in [1.82, 2.24) is 19.9 Å². The summed E-state index contributed by atoms with van der Waals surface area (Å²) in [5.74, 6) is 2.15. The lowest BCUT2D eigenvalue weighted by molar-refractivity contribution is 0.417. The summed E-state index contributed by atoms with van der Waals surface area (Å²) < 4.78 is 5.30. The highest BCUT2D eigenvalue weighted by Crippen LogP contribution is 2.28. The molecule has 0 aliphatic rings. The summed E-state index contributed by atoms with van der Waals surface area (Å²) in [5, 5.41) is 4.39. The molecule has 3 N–H and O–H groups in total. The van der Waals surface area contributed by atoms with Gasteiger partial charge in [0.15, 0.2) is 0 Å². The first-order valence-corrected chi connectivity index (χ1v) is 8.66. The quantitative estimate of drug-likeness (QED) is 0.632. The maximum absolute atomic E-state index is 6.11. The molecule has 3 aromatic rings. The van der Waals surface area contributed by atoms with Gasteiger partial charge in [-0.1, -0.05) is 35.5 Å². The molecule has 0 fully saturated rings. The van der Waals surface area contributed by atoms with Gasteiger partial charge in [-0.25, -0.2) is 4.98 Å². The van der Waals surface area contributed by atoms with Crippen molar-refractivity contribution < 1.29 is 4.74 Å². The van der Waals surface area contributed by atoms with Crippen LogP contribution in [0.2, 0.25) is 5.02 Å². The number of methoxy groups -OCH3 is 1. The lowest BCUT2D eigenvalue weighted by Gasteiger charge is -2.10. The molecule has 0 bridgehead atoms. The summed E-state index contributed by atoms with van der Waals surface area (Å²) in [6.07, 6.45) is 1.69. The SMILES string of the molecule is COc1ccccc1Nc1nc(N)nc(CSc2ncccc2Cl)n1. The van der Waals surface area contributed by atoms with Crippen LogP contribution in [-0.2, 0) is 5.75 Å². The van der Waals surface area contributed by atoms with Crippen molar-refractivity contribution >= 4 is 40.9 Å². The molecule has 0 radical (unpaired) electrons. The molecule has 0 atom stereocenters.